The van der Waals surface area contributed by atoms with Crippen LogP contribution in [0.1, 0.15) is 34.1 Å². The Balaban J connectivity index is 1.82. The number of rotatable bonds is 6. The van der Waals surface area contributed by atoms with Crippen molar-refractivity contribution in [3.63, 3.8) is 0 Å². The van der Waals surface area contributed by atoms with E-state index >= 15 is 0 Å². The van der Waals surface area contributed by atoms with Crippen molar-refractivity contribution in [3.8, 4) is 5.75 Å². The predicted molar refractivity (Wildman–Crippen MR) is 127 cm³/mol. The quantitative estimate of drug-likeness (QED) is 0.349. The summed E-state index contributed by atoms with van der Waals surface area (Å²) in [6.45, 7) is 5.14. The summed E-state index contributed by atoms with van der Waals surface area (Å²) in [6, 6.07) is 6.59. The lowest BCUT2D eigenvalue weighted by Gasteiger charge is -2.22. The first-order chi connectivity index (χ1) is 15.1. The third kappa shape index (κ3) is 4.98. The standard InChI is InChI=1S/C22H21Cl2N3O4S/c1-11-5-12(2)20(17(24)6-11)27(13(3)28)22-26-14(10-32-22)9-31-21(29)15-7-16(23)18(25)8-19(15)30-4/h5-8,10H,9,25H2,1-4H3. The lowest BCUT2D eigenvalue weighted by Crippen LogP contribution is -2.24. The van der Waals surface area contributed by atoms with Crippen molar-refractivity contribution in [2.45, 2.75) is 27.4 Å². The van der Waals surface area contributed by atoms with Gasteiger partial charge in [-0.15, -0.1) is 11.3 Å². The van der Waals surface area contributed by atoms with Gasteiger partial charge in [-0.1, -0.05) is 29.3 Å². The van der Waals surface area contributed by atoms with E-state index in [9.17, 15) is 9.59 Å². The van der Waals surface area contributed by atoms with Crippen LogP contribution in [-0.4, -0.2) is 24.0 Å². The van der Waals surface area contributed by atoms with E-state index in [0.717, 1.165) is 11.1 Å². The molecular formula is C22H21Cl2N3O4S. The van der Waals surface area contributed by atoms with Crippen LogP contribution in [0.25, 0.3) is 0 Å². The number of nitrogens with two attached hydrogens (primary N) is 1. The van der Waals surface area contributed by atoms with Crippen LogP contribution in [-0.2, 0) is 16.1 Å². The lowest BCUT2D eigenvalue weighted by atomic mass is 10.1. The van der Waals surface area contributed by atoms with Gasteiger partial charge in [0.05, 0.1) is 34.2 Å². The number of thiazole rings is 1. The number of nitrogens with zero attached hydrogens (tertiary/aromatic N) is 2. The first-order valence-electron chi connectivity index (χ1n) is 9.44. The summed E-state index contributed by atoms with van der Waals surface area (Å²) in [5.74, 6) is -0.625. The number of aromatic nitrogens is 1. The van der Waals surface area contributed by atoms with Gasteiger partial charge < -0.3 is 15.2 Å². The Morgan fingerprint density at radius 2 is 1.88 bits per heavy atom. The topological polar surface area (TPSA) is 94.7 Å². The Morgan fingerprint density at radius 3 is 2.50 bits per heavy atom. The van der Waals surface area contributed by atoms with Crippen LogP contribution in [0.3, 0.4) is 0 Å². The Labute approximate surface area is 199 Å². The molecule has 0 aliphatic rings. The average molecular weight is 494 g/mol. The minimum atomic E-state index is -0.640. The van der Waals surface area contributed by atoms with Crippen molar-refractivity contribution < 1.29 is 19.1 Å². The molecule has 32 heavy (non-hydrogen) atoms. The van der Waals surface area contributed by atoms with Crippen molar-refractivity contribution in [1.82, 2.24) is 4.98 Å². The zero-order valence-corrected chi connectivity index (χ0v) is 20.2. The highest BCUT2D eigenvalue weighted by Crippen LogP contribution is 2.37. The van der Waals surface area contributed by atoms with Gasteiger partial charge in [-0.05, 0) is 37.1 Å². The molecule has 0 atom stereocenters. The molecule has 2 N–H and O–H groups in total. The van der Waals surface area contributed by atoms with Crippen LogP contribution < -0.4 is 15.4 Å². The van der Waals surface area contributed by atoms with Gasteiger partial charge in [-0.3, -0.25) is 9.69 Å². The smallest absolute Gasteiger partial charge is 0.342 e. The number of nitrogen functional groups attached to an aromatic ring is 1. The monoisotopic (exact) mass is 493 g/mol. The molecule has 0 unspecified atom stereocenters. The molecule has 0 fully saturated rings. The van der Waals surface area contributed by atoms with Gasteiger partial charge >= 0.3 is 5.97 Å². The number of amides is 1. The van der Waals surface area contributed by atoms with Gasteiger partial charge in [0.2, 0.25) is 5.91 Å². The summed E-state index contributed by atoms with van der Waals surface area (Å²) in [5, 5.41) is 2.80. The molecule has 2 aromatic carbocycles. The number of hydrogen-bond donors (Lipinski definition) is 1. The largest absolute Gasteiger partial charge is 0.496 e. The number of aryl methyl sites for hydroxylation is 2. The summed E-state index contributed by atoms with van der Waals surface area (Å²) in [4.78, 5) is 30.9. The number of benzene rings is 2. The minimum absolute atomic E-state index is 0.104. The van der Waals surface area contributed by atoms with E-state index in [1.165, 1.54) is 42.4 Å². The highest BCUT2D eigenvalue weighted by Gasteiger charge is 2.23. The summed E-state index contributed by atoms with van der Waals surface area (Å²) < 4.78 is 10.6. The molecule has 1 aromatic heterocycles. The molecule has 3 aromatic rings. The van der Waals surface area contributed by atoms with Crippen molar-refractivity contribution in [3.05, 3.63) is 62.1 Å². The molecule has 0 saturated carbocycles. The van der Waals surface area contributed by atoms with Gasteiger partial charge in [0.25, 0.3) is 0 Å². The second-order valence-electron chi connectivity index (χ2n) is 7.04. The number of hydrogen-bond acceptors (Lipinski definition) is 7. The summed E-state index contributed by atoms with van der Waals surface area (Å²) in [6.07, 6.45) is 0. The predicted octanol–water partition coefficient (Wildman–Crippen LogP) is 5.70. The second-order valence-corrected chi connectivity index (χ2v) is 8.69. The maximum atomic E-state index is 12.5. The van der Waals surface area contributed by atoms with E-state index in [0.29, 0.717) is 27.2 Å². The van der Waals surface area contributed by atoms with E-state index in [1.807, 2.05) is 19.9 Å². The van der Waals surface area contributed by atoms with E-state index in [2.05, 4.69) is 4.98 Å². The Kier molecular flexibility index (Phi) is 7.28. The third-order valence-electron chi connectivity index (χ3n) is 4.56. The summed E-state index contributed by atoms with van der Waals surface area (Å²) >= 11 is 13.7. The van der Waals surface area contributed by atoms with Crippen LogP contribution in [0, 0.1) is 13.8 Å². The number of ether oxygens (including phenoxy) is 2. The normalized spacial score (nSPS) is 10.7. The Hall–Kier alpha value is -2.81. The van der Waals surface area contributed by atoms with Crippen LogP contribution >= 0.6 is 34.5 Å². The molecule has 0 spiro atoms. The maximum Gasteiger partial charge on any atom is 0.342 e. The SMILES string of the molecule is COc1cc(N)c(Cl)cc1C(=O)OCc1csc(N(C(C)=O)c2c(C)cc(C)cc2Cl)n1. The lowest BCUT2D eigenvalue weighted by molar-refractivity contribution is -0.115. The first kappa shape index (κ1) is 23.8. The molecule has 0 aliphatic heterocycles. The van der Waals surface area contributed by atoms with Crippen LogP contribution in [0.4, 0.5) is 16.5 Å². The molecule has 168 valence electrons. The number of carbonyl (C=O) groups is 2. The molecule has 10 heteroatoms. The minimum Gasteiger partial charge on any atom is -0.496 e. The number of halogens is 2. The first-order valence-corrected chi connectivity index (χ1v) is 11.1. The van der Waals surface area contributed by atoms with Crippen LogP contribution in [0.15, 0.2) is 29.6 Å². The Bertz CT molecular complexity index is 1170. The van der Waals surface area contributed by atoms with E-state index in [1.54, 1.807) is 11.4 Å². The van der Waals surface area contributed by atoms with E-state index < -0.39 is 5.97 Å². The van der Waals surface area contributed by atoms with Crippen LogP contribution in [0.2, 0.25) is 10.0 Å². The fourth-order valence-corrected chi connectivity index (χ4v) is 4.59. The number of esters is 1. The molecule has 1 heterocycles. The van der Waals surface area contributed by atoms with Gasteiger partial charge in [0.1, 0.15) is 17.9 Å². The zero-order chi connectivity index (χ0) is 23.6. The van der Waals surface area contributed by atoms with Crippen molar-refractivity contribution >= 4 is 62.9 Å². The highest BCUT2D eigenvalue weighted by molar-refractivity contribution is 7.14. The number of anilines is 3. The highest BCUT2D eigenvalue weighted by atomic mass is 35.5. The van der Waals surface area contributed by atoms with Gasteiger partial charge in [-0.25, -0.2) is 9.78 Å². The fraction of sp³-hybridized carbons (Fsp3) is 0.227. The third-order valence-corrected chi connectivity index (χ3v) is 6.05. The molecule has 0 saturated heterocycles. The average Bonchev–Trinajstić information content (AvgIpc) is 3.18. The maximum absolute atomic E-state index is 12.5. The van der Waals surface area contributed by atoms with Crippen molar-refractivity contribution in [2.75, 3.05) is 17.7 Å². The molecule has 0 bridgehead atoms. The van der Waals surface area contributed by atoms with Crippen LogP contribution in [0.5, 0.6) is 5.75 Å². The van der Waals surface area contributed by atoms with E-state index in [4.69, 9.17) is 38.4 Å². The molecule has 3 rings (SSSR count). The molecule has 0 aliphatic carbocycles. The van der Waals surface area contributed by atoms with Gasteiger partial charge in [0.15, 0.2) is 5.13 Å². The number of methoxy groups -OCH3 is 1. The fourth-order valence-electron chi connectivity index (χ4n) is 3.16. The second kappa shape index (κ2) is 9.77. The van der Waals surface area contributed by atoms with Crippen molar-refractivity contribution in [2.24, 2.45) is 0 Å². The molecular weight excluding hydrogens is 473 g/mol. The zero-order valence-electron chi connectivity index (χ0n) is 17.9. The van der Waals surface area contributed by atoms with E-state index in [-0.39, 0.29) is 28.8 Å². The molecule has 1 amide bonds. The molecule has 7 nitrogen and oxygen atoms in total. The summed E-state index contributed by atoms with van der Waals surface area (Å²) in [7, 11) is 1.42. The van der Waals surface area contributed by atoms with Gasteiger partial charge in [-0.2, -0.15) is 0 Å². The number of carbonyl (C=O) groups excluding carboxylic acids is 2. The molecule has 0 radical (unpaired) electrons. The van der Waals surface area contributed by atoms with Crippen molar-refractivity contribution in [1.29, 1.82) is 0 Å². The summed E-state index contributed by atoms with van der Waals surface area (Å²) in [5.41, 5.74) is 9.08. The Morgan fingerprint density at radius 1 is 1.16 bits per heavy atom. The van der Waals surface area contributed by atoms with Gasteiger partial charge in [0, 0.05) is 18.4 Å².